The molecule has 10 nitrogen and oxygen atoms in total. The first-order chi connectivity index (χ1) is 18.4. The van der Waals surface area contributed by atoms with E-state index in [-0.39, 0.29) is 22.9 Å². The molecule has 0 aromatic heterocycles. The van der Waals surface area contributed by atoms with Crippen LogP contribution in [0.2, 0.25) is 0 Å². The van der Waals surface area contributed by atoms with Gasteiger partial charge in [0.25, 0.3) is 0 Å². The van der Waals surface area contributed by atoms with Crippen LogP contribution < -0.4 is 29.6 Å². The summed E-state index contributed by atoms with van der Waals surface area (Å²) in [5.74, 6) is 1.40. The summed E-state index contributed by atoms with van der Waals surface area (Å²) in [5.41, 5.74) is 2.04. The molecule has 204 valence electrons. The second-order valence-corrected chi connectivity index (χ2v) is 8.21. The van der Waals surface area contributed by atoms with Crippen molar-refractivity contribution in [3.05, 3.63) is 70.4 Å². The van der Waals surface area contributed by atoms with Crippen LogP contribution in [0.3, 0.4) is 0 Å². The lowest BCUT2D eigenvalue weighted by Crippen LogP contribution is -2.38. The first kappa shape index (κ1) is 28.2. The van der Waals surface area contributed by atoms with Gasteiger partial charge in [0.15, 0.2) is 34.5 Å². The van der Waals surface area contributed by atoms with Crippen molar-refractivity contribution in [3.8, 4) is 23.0 Å². The van der Waals surface area contributed by atoms with Gasteiger partial charge in [0.05, 0.1) is 42.7 Å². The Labute approximate surface area is 222 Å². The molecule has 38 heavy (non-hydrogen) atoms. The molecule has 0 aliphatic heterocycles. The maximum Gasteiger partial charge on any atom is 0.249 e. The van der Waals surface area contributed by atoms with Gasteiger partial charge >= 0.3 is 0 Å². The van der Waals surface area contributed by atoms with E-state index in [1.54, 1.807) is 28.4 Å². The molecule has 2 aromatic rings. The third kappa shape index (κ3) is 6.13. The maximum atomic E-state index is 13.3. The Morgan fingerprint density at radius 2 is 0.895 bits per heavy atom. The van der Waals surface area contributed by atoms with Gasteiger partial charge in [0.2, 0.25) is 11.6 Å². The van der Waals surface area contributed by atoms with Crippen LogP contribution in [-0.4, -0.2) is 67.3 Å². The molecule has 0 fully saturated rings. The lowest BCUT2D eigenvalue weighted by Gasteiger charge is -2.23. The molecule has 1 aliphatic rings. The number of carbonyl (C=O) groups is 2. The van der Waals surface area contributed by atoms with Gasteiger partial charge in [-0.05, 0) is 48.2 Å². The molecule has 2 aromatic carbocycles. The van der Waals surface area contributed by atoms with Crippen molar-refractivity contribution in [2.24, 2.45) is 0 Å². The number of nitrogens with one attached hydrogen (secondary N) is 2. The minimum absolute atomic E-state index is 0.0558. The summed E-state index contributed by atoms with van der Waals surface area (Å²) in [6, 6.07) is 11.2. The van der Waals surface area contributed by atoms with E-state index in [1.165, 1.54) is 14.2 Å². The van der Waals surface area contributed by atoms with Crippen LogP contribution >= 0.6 is 0 Å². The van der Waals surface area contributed by atoms with E-state index >= 15 is 0 Å². The highest BCUT2D eigenvalue weighted by Gasteiger charge is 2.37. The minimum atomic E-state index is -0.468. The normalized spacial score (nSPS) is 13.3. The Morgan fingerprint density at radius 1 is 0.526 bits per heavy atom. The Hall–Kier alpha value is -4.34. The molecule has 0 bridgehead atoms. The fourth-order valence-corrected chi connectivity index (χ4v) is 4.11. The zero-order valence-electron chi connectivity index (χ0n) is 22.6. The standard InChI is InChI=1S/C28H34N2O8/c1-33-19-9-7-17(15-21(19)35-3)11-13-29-23-25(31)28(38-6)24(26(32)27(23)37-5)30-14-12-18-8-10-20(34-2)22(16-18)36-4/h7-10,15-16,29-30H,11-14H2,1-6H3. The highest BCUT2D eigenvalue weighted by molar-refractivity contribution is 6.23. The fourth-order valence-electron chi connectivity index (χ4n) is 4.11. The SMILES string of the molecule is COC1=C(NCCc2ccc(OC)c(OC)c2)C(=O)C(OC)=C(NCCc2ccc(OC)c(OC)c2)C1=O. The second kappa shape index (κ2) is 13.3. The number of hydrogen-bond acceptors (Lipinski definition) is 10. The van der Waals surface area contributed by atoms with Crippen LogP contribution in [-0.2, 0) is 31.9 Å². The maximum absolute atomic E-state index is 13.3. The number of hydrogen-bond donors (Lipinski definition) is 2. The molecule has 3 rings (SSSR count). The van der Waals surface area contributed by atoms with Crippen molar-refractivity contribution in [1.82, 2.24) is 10.6 Å². The molecule has 0 heterocycles. The van der Waals surface area contributed by atoms with Crippen LogP contribution in [0.5, 0.6) is 23.0 Å². The van der Waals surface area contributed by atoms with E-state index in [2.05, 4.69) is 10.6 Å². The van der Waals surface area contributed by atoms with Crippen molar-refractivity contribution in [2.45, 2.75) is 12.8 Å². The number of Topliss-reactive ketones (excluding diaryl/α,β-unsaturated/α-hetero) is 2. The van der Waals surface area contributed by atoms with Crippen molar-refractivity contribution in [2.75, 3.05) is 55.7 Å². The van der Waals surface area contributed by atoms with E-state index in [0.717, 1.165) is 11.1 Å². The molecule has 0 amide bonds. The van der Waals surface area contributed by atoms with Gasteiger partial charge in [-0.25, -0.2) is 0 Å². The van der Waals surface area contributed by atoms with Gasteiger partial charge in [-0.2, -0.15) is 0 Å². The lowest BCUT2D eigenvalue weighted by molar-refractivity contribution is -0.121. The molecule has 0 radical (unpaired) electrons. The third-order valence-corrected chi connectivity index (χ3v) is 6.06. The summed E-state index contributed by atoms with van der Waals surface area (Å²) in [5, 5.41) is 6.10. The summed E-state index contributed by atoms with van der Waals surface area (Å²) in [6.07, 6.45) is 1.12. The highest BCUT2D eigenvalue weighted by atomic mass is 16.5. The molecule has 0 atom stereocenters. The number of ketones is 2. The summed E-state index contributed by atoms with van der Waals surface area (Å²) < 4.78 is 31.9. The molecule has 0 spiro atoms. The molecule has 0 saturated carbocycles. The average Bonchev–Trinajstić information content (AvgIpc) is 2.95. The van der Waals surface area contributed by atoms with Crippen molar-refractivity contribution in [3.63, 3.8) is 0 Å². The Bertz CT molecular complexity index is 1140. The molecule has 10 heteroatoms. The molecular weight excluding hydrogens is 492 g/mol. The van der Waals surface area contributed by atoms with E-state index in [0.29, 0.717) is 48.9 Å². The predicted octanol–water partition coefficient (Wildman–Crippen LogP) is 2.55. The number of ether oxygens (including phenoxy) is 6. The zero-order valence-corrected chi connectivity index (χ0v) is 22.6. The van der Waals surface area contributed by atoms with Gasteiger partial charge in [-0.15, -0.1) is 0 Å². The lowest BCUT2D eigenvalue weighted by atomic mass is 10.0. The molecule has 0 unspecified atom stereocenters. The quantitative estimate of drug-likeness (QED) is 0.356. The van der Waals surface area contributed by atoms with Gasteiger partial charge in [0.1, 0.15) is 11.4 Å². The molecule has 0 saturated heterocycles. The van der Waals surface area contributed by atoms with Crippen LogP contribution in [0.4, 0.5) is 0 Å². The first-order valence-corrected chi connectivity index (χ1v) is 12.0. The number of carbonyl (C=O) groups excluding carboxylic acids is 2. The van der Waals surface area contributed by atoms with Gasteiger partial charge in [-0.3, -0.25) is 9.59 Å². The van der Waals surface area contributed by atoms with E-state index < -0.39 is 11.6 Å². The summed E-state index contributed by atoms with van der Waals surface area (Å²) in [4.78, 5) is 26.5. The van der Waals surface area contributed by atoms with Crippen LogP contribution in [0.15, 0.2) is 59.3 Å². The number of benzene rings is 2. The molecule has 2 N–H and O–H groups in total. The largest absolute Gasteiger partial charge is 0.493 e. The Morgan fingerprint density at radius 3 is 1.21 bits per heavy atom. The van der Waals surface area contributed by atoms with Crippen LogP contribution in [0.1, 0.15) is 11.1 Å². The Balaban J connectivity index is 1.70. The van der Waals surface area contributed by atoms with E-state index in [4.69, 9.17) is 28.4 Å². The highest BCUT2D eigenvalue weighted by Crippen LogP contribution is 2.29. The predicted molar refractivity (Wildman–Crippen MR) is 141 cm³/mol. The minimum Gasteiger partial charge on any atom is -0.493 e. The fraction of sp³-hybridized carbons (Fsp3) is 0.357. The second-order valence-electron chi connectivity index (χ2n) is 8.21. The van der Waals surface area contributed by atoms with Gasteiger partial charge in [-0.1, -0.05) is 12.1 Å². The van der Waals surface area contributed by atoms with Crippen LogP contribution in [0, 0.1) is 0 Å². The summed E-state index contributed by atoms with van der Waals surface area (Å²) >= 11 is 0. The van der Waals surface area contributed by atoms with Crippen molar-refractivity contribution in [1.29, 1.82) is 0 Å². The topological polar surface area (TPSA) is 114 Å². The summed E-state index contributed by atoms with van der Waals surface area (Å²) in [7, 11) is 9.00. The number of methoxy groups -OCH3 is 6. The Kier molecular flexibility index (Phi) is 9.86. The van der Waals surface area contributed by atoms with Crippen LogP contribution in [0.25, 0.3) is 0 Å². The smallest absolute Gasteiger partial charge is 0.249 e. The van der Waals surface area contributed by atoms with E-state index in [1.807, 2.05) is 36.4 Å². The van der Waals surface area contributed by atoms with Gasteiger partial charge < -0.3 is 39.1 Å². The van der Waals surface area contributed by atoms with E-state index in [9.17, 15) is 9.59 Å². The van der Waals surface area contributed by atoms with Gasteiger partial charge in [0, 0.05) is 13.1 Å². The molecular formula is C28H34N2O8. The zero-order chi connectivity index (χ0) is 27.7. The monoisotopic (exact) mass is 526 g/mol. The number of rotatable bonds is 14. The first-order valence-electron chi connectivity index (χ1n) is 12.0. The average molecular weight is 527 g/mol. The third-order valence-electron chi connectivity index (χ3n) is 6.06. The van der Waals surface area contributed by atoms with Crippen molar-refractivity contribution < 1.29 is 38.0 Å². The van der Waals surface area contributed by atoms with Crippen molar-refractivity contribution >= 4 is 11.6 Å². The summed E-state index contributed by atoms with van der Waals surface area (Å²) in [6.45, 7) is 0.742. The molecule has 1 aliphatic carbocycles.